The summed E-state index contributed by atoms with van der Waals surface area (Å²) in [6.45, 7) is 2.78. The van der Waals surface area contributed by atoms with Gasteiger partial charge in [0.1, 0.15) is 6.10 Å². The van der Waals surface area contributed by atoms with E-state index in [1.54, 1.807) is 27.8 Å². The molecule has 20 heavy (non-hydrogen) atoms. The third-order valence-electron chi connectivity index (χ3n) is 3.17. The van der Waals surface area contributed by atoms with E-state index in [0.29, 0.717) is 5.16 Å². The van der Waals surface area contributed by atoms with Crippen LogP contribution in [0.1, 0.15) is 41.9 Å². The lowest BCUT2D eigenvalue weighted by atomic mass is 10.1. The summed E-state index contributed by atoms with van der Waals surface area (Å²) in [5, 5.41) is 12.2. The molecule has 1 aliphatic rings. The lowest BCUT2D eigenvalue weighted by Crippen LogP contribution is -2.21. The van der Waals surface area contributed by atoms with Crippen LogP contribution >= 0.6 is 23.1 Å². The maximum absolute atomic E-state index is 6.08. The van der Waals surface area contributed by atoms with Crippen LogP contribution in [0, 0.1) is 6.92 Å². The van der Waals surface area contributed by atoms with Crippen molar-refractivity contribution < 1.29 is 4.74 Å². The summed E-state index contributed by atoms with van der Waals surface area (Å²) in [6.07, 6.45) is 3.21. The standard InChI is InChI=1S/C12H17N5OS2/c1-8-14-9(6-19-8)7-20-12-16-15-11(17(12)13)10-4-2-3-5-18-10/h6,10H,2-5,7,13H2,1H3. The number of aromatic nitrogens is 4. The second-order valence-electron chi connectivity index (χ2n) is 4.71. The zero-order chi connectivity index (χ0) is 13.9. The highest BCUT2D eigenvalue weighted by Gasteiger charge is 2.23. The van der Waals surface area contributed by atoms with Crippen LogP contribution in [0.5, 0.6) is 0 Å². The van der Waals surface area contributed by atoms with Gasteiger partial charge in [0.2, 0.25) is 5.16 Å². The molecule has 0 aliphatic carbocycles. The summed E-state index contributed by atoms with van der Waals surface area (Å²) < 4.78 is 7.26. The molecule has 8 heteroatoms. The molecule has 2 aromatic rings. The van der Waals surface area contributed by atoms with Gasteiger partial charge in [-0.05, 0) is 26.2 Å². The van der Waals surface area contributed by atoms with Crippen LogP contribution in [-0.4, -0.2) is 26.5 Å². The number of rotatable bonds is 4. The number of hydrogen-bond donors (Lipinski definition) is 1. The zero-order valence-electron chi connectivity index (χ0n) is 11.3. The molecule has 0 bridgehead atoms. The van der Waals surface area contributed by atoms with Crippen LogP contribution in [0.4, 0.5) is 0 Å². The minimum absolute atomic E-state index is 0.0166. The molecule has 0 amide bonds. The molecule has 2 aromatic heterocycles. The van der Waals surface area contributed by atoms with Gasteiger partial charge in [0.05, 0.1) is 10.7 Å². The van der Waals surface area contributed by atoms with E-state index >= 15 is 0 Å². The van der Waals surface area contributed by atoms with Crippen LogP contribution in [0.3, 0.4) is 0 Å². The Labute approximate surface area is 125 Å². The SMILES string of the molecule is Cc1nc(CSc2nnc(C3CCCCO3)n2N)cs1. The topological polar surface area (TPSA) is 78.9 Å². The van der Waals surface area contributed by atoms with Gasteiger partial charge in [0.15, 0.2) is 5.82 Å². The van der Waals surface area contributed by atoms with Crippen LogP contribution in [0.2, 0.25) is 0 Å². The van der Waals surface area contributed by atoms with Gasteiger partial charge in [-0.2, -0.15) is 0 Å². The van der Waals surface area contributed by atoms with Crippen molar-refractivity contribution in [3.63, 3.8) is 0 Å². The predicted octanol–water partition coefficient (Wildman–Crippen LogP) is 2.29. The quantitative estimate of drug-likeness (QED) is 0.689. The summed E-state index contributed by atoms with van der Waals surface area (Å²) in [7, 11) is 0. The summed E-state index contributed by atoms with van der Waals surface area (Å²) in [5.41, 5.74) is 1.05. The van der Waals surface area contributed by atoms with Crippen molar-refractivity contribution in [1.82, 2.24) is 19.9 Å². The number of nitrogens with two attached hydrogens (primary N) is 1. The van der Waals surface area contributed by atoms with Crippen molar-refractivity contribution in [3.05, 3.63) is 21.9 Å². The normalized spacial score (nSPS) is 19.4. The minimum Gasteiger partial charge on any atom is -0.370 e. The van der Waals surface area contributed by atoms with Crippen molar-refractivity contribution in [2.24, 2.45) is 0 Å². The highest BCUT2D eigenvalue weighted by Crippen LogP contribution is 2.28. The Morgan fingerprint density at radius 3 is 3.10 bits per heavy atom. The van der Waals surface area contributed by atoms with Gasteiger partial charge >= 0.3 is 0 Å². The van der Waals surface area contributed by atoms with E-state index in [1.807, 2.05) is 6.92 Å². The Morgan fingerprint density at radius 2 is 2.40 bits per heavy atom. The summed E-state index contributed by atoms with van der Waals surface area (Å²) in [4.78, 5) is 4.43. The van der Waals surface area contributed by atoms with E-state index in [-0.39, 0.29) is 6.10 Å². The molecule has 0 radical (unpaired) electrons. The van der Waals surface area contributed by atoms with Gasteiger partial charge in [-0.15, -0.1) is 21.5 Å². The van der Waals surface area contributed by atoms with Gasteiger partial charge in [-0.3, -0.25) is 0 Å². The highest BCUT2D eigenvalue weighted by molar-refractivity contribution is 7.98. The van der Waals surface area contributed by atoms with Crippen molar-refractivity contribution in [1.29, 1.82) is 0 Å². The Hall–Kier alpha value is -1.12. The number of nitrogens with zero attached hydrogens (tertiary/aromatic N) is 4. The molecule has 0 aromatic carbocycles. The fourth-order valence-electron chi connectivity index (χ4n) is 2.16. The summed E-state index contributed by atoms with van der Waals surface area (Å²) >= 11 is 3.20. The van der Waals surface area contributed by atoms with Gasteiger partial charge in [0, 0.05) is 17.7 Å². The van der Waals surface area contributed by atoms with Gasteiger partial charge in [-0.1, -0.05) is 11.8 Å². The highest BCUT2D eigenvalue weighted by atomic mass is 32.2. The zero-order valence-corrected chi connectivity index (χ0v) is 12.9. The second kappa shape index (κ2) is 6.11. The largest absolute Gasteiger partial charge is 0.370 e. The minimum atomic E-state index is -0.0166. The first kappa shape index (κ1) is 13.8. The second-order valence-corrected chi connectivity index (χ2v) is 6.72. The van der Waals surface area contributed by atoms with Gasteiger partial charge in [-0.25, -0.2) is 9.66 Å². The van der Waals surface area contributed by atoms with E-state index < -0.39 is 0 Å². The summed E-state index contributed by atoms with van der Waals surface area (Å²) in [6, 6.07) is 0. The number of thioether (sulfide) groups is 1. The van der Waals surface area contributed by atoms with Crippen LogP contribution < -0.4 is 5.84 Å². The maximum Gasteiger partial charge on any atom is 0.210 e. The fourth-order valence-corrected chi connectivity index (χ4v) is 3.64. The Morgan fingerprint density at radius 1 is 1.50 bits per heavy atom. The van der Waals surface area contributed by atoms with Crippen LogP contribution in [-0.2, 0) is 10.5 Å². The maximum atomic E-state index is 6.08. The molecule has 1 atom stereocenters. The van der Waals surface area contributed by atoms with E-state index in [1.165, 1.54) is 0 Å². The molecule has 1 aliphatic heterocycles. The van der Waals surface area contributed by atoms with Crippen molar-refractivity contribution >= 4 is 23.1 Å². The number of aryl methyl sites for hydroxylation is 1. The molecule has 1 fully saturated rings. The van der Waals surface area contributed by atoms with Gasteiger partial charge < -0.3 is 10.6 Å². The smallest absolute Gasteiger partial charge is 0.210 e. The third-order valence-corrected chi connectivity index (χ3v) is 4.97. The molecular weight excluding hydrogens is 294 g/mol. The molecule has 3 rings (SSSR count). The molecule has 1 unspecified atom stereocenters. The molecule has 2 N–H and O–H groups in total. The lowest BCUT2D eigenvalue weighted by molar-refractivity contribution is 0.00780. The van der Waals surface area contributed by atoms with Crippen molar-refractivity contribution in [3.8, 4) is 0 Å². The molecule has 0 spiro atoms. The van der Waals surface area contributed by atoms with Crippen LogP contribution in [0.25, 0.3) is 0 Å². The third kappa shape index (κ3) is 2.97. The molecule has 1 saturated heterocycles. The molecule has 3 heterocycles. The fraction of sp³-hybridized carbons (Fsp3) is 0.583. The number of nitrogen functional groups attached to an aromatic ring is 1. The first-order valence-electron chi connectivity index (χ1n) is 6.60. The summed E-state index contributed by atoms with van der Waals surface area (Å²) in [5.74, 6) is 7.56. The lowest BCUT2D eigenvalue weighted by Gasteiger charge is -2.21. The number of thiazole rings is 1. The van der Waals surface area contributed by atoms with Crippen molar-refractivity contribution in [2.75, 3.05) is 12.4 Å². The Kier molecular flexibility index (Phi) is 4.23. The average Bonchev–Trinajstić information content (AvgIpc) is 3.04. The molecular formula is C12H17N5OS2. The van der Waals surface area contributed by atoms with Crippen LogP contribution in [0.15, 0.2) is 10.5 Å². The molecule has 0 saturated carbocycles. The first-order valence-corrected chi connectivity index (χ1v) is 8.46. The Bertz CT molecular complexity index is 576. The molecule has 108 valence electrons. The molecule has 6 nitrogen and oxygen atoms in total. The van der Waals surface area contributed by atoms with E-state index in [2.05, 4.69) is 20.6 Å². The van der Waals surface area contributed by atoms with E-state index in [9.17, 15) is 0 Å². The number of ether oxygens (including phenoxy) is 1. The van der Waals surface area contributed by atoms with E-state index in [0.717, 1.165) is 48.1 Å². The van der Waals surface area contributed by atoms with Crippen molar-refractivity contribution in [2.45, 2.75) is 43.2 Å². The van der Waals surface area contributed by atoms with E-state index in [4.69, 9.17) is 10.6 Å². The van der Waals surface area contributed by atoms with Gasteiger partial charge in [0.25, 0.3) is 0 Å². The number of hydrogen-bond acceptors (Lipinski definition) is 7. The Balaban J connectivity index is 1.66. The average molecular weight is 311 g/mol. The predicted molar refractivity (Wildman–Crippen MR) is 79.1 cm³/mol. The monoisotopic (exact) mass is 311 g/mol. The first-order chi connectivity index (χ1) is 9.74.